The summed E-state index contributed by atoms with van der Waals surface area (Å²) in [7, 11) is 5.18. The molecule has 3 saturated heterocycles. The van der Waals surface area contributed by atoms with Gasteiger partial charge in [-0.2, -0.15) is 0 Å². The van der Waals surface area contributed by atoms with Crippen molar-refractivity contribution in [1.29, 1.82) is 0 Å². The number of H-pyrrole nitrogens is 2. The van der Waals surface area contributed by atoms with E-state index in [0.717, 1.165) is 24.5 Å². The van der Waals surface area contributed by atoms with E-state index in [-0.39, 0.29) is 83.7 Å². The Kier molecular flexibility index (Phi) is 41.1. The molecule has 0 spiro atoms. The van der Waals surface area contributed by atoms with E-state index in [2.05, 4.69) is 63.1 Å². The molecule has 3 aliphatic rings. The van der Waals surface area contributed by atoms with Crippen LogP contribution in [0, 0.1) is 0 Å². The number of methoxy groups -OCH3 is 1. The lowest BCUT2D eigenvalue weighted by molar-refractivity contribution is -0.149. The highest BCUT2D eigenvalue weighted by Crippen LogP contribution is 2.28. The third-order valence-electron chi connectivity index (χ3n) is 24.2. The molecule has 0 saturated carbocycles. The maximum absolute atomic E-state index is 15.8. The zero-order chi connectivity index (χ0) is 99.0. The highest BCUT2D eigenvalue weighted by Gasteiger charge is 2.47. The van der Waals surface area contributed by atoms with Crippen LogP contribution in [0.15, 0.2) is 85.2 Å². The molecular weight excluding hydrogens is 1780 g/mol. The molecule has 16 amide bonds. The van der Waals surface area contributed by atoms with Gasteiger partial charge in [0.15, 0.2) is 0 Å². The Bertz CT molecular complexity index is 5070. The number of hydrogen-bond acceptors (Lipinski definition) is 24. The van der Waals surface area contributed by atoms with Crippen molar-refractivity contribution in [1.82, 2.24) is 87.6 Å². The number of hydrogen-bond donors (Lipinski definition) is 19. The second-order valence-corrected chi connectivity index (χ2v) is 34.9. The number of benzene rings is 3. The van der Waals surface area contributed by atoms with Gasteiger partial charge in [-0.1, -0.05) is 88.1 Å². The van der Waals surface area contributed by atoms with E-state index in [0.29, 0.717) is 75.3 Å². The second-order valence-electron chi connectivity index (χ2n) is 33.9. The number of aliphatic carboxylic acids is 3. The summed E-state index contributed by atoms with van der Waals surface area (Å²) in [6, 6.07) is -2.85. The number of aryl methyl sites for hydroxylation is 1. The van der Waals surface area contributed by atoms with E-state index in [1.165, 1.54) is 35.2 Å². The van der Waals surface area contributed by atoms with Crippen molar-refractivity contribution in [3.63, 3.8) is 0 Å². The molecule has 2 unspecified atom stereocenters. The number of nitrogens with two attached hydrogens (primary N) is 3. The van der Waals surface area contributed by atoms with Crippen LogP contribution >= 0.6 is 11.8 Å². The topological polar surface area (TPSA) is 661 Å². The number of rotatable bonds is 29. The predicted molar refractivity (Wildman–Crippen MR) is 491 cm³/mol. The Balaban J connectivity index is 1.20. The number of fused-ring (bicyclic) bond motifs is 4. The van der Waals surface area contributed by atoms with Gasteiger partial charge in [0.05, 0.1) is 38.4 Å². The standard InChI is InChI=1S/C90H126N20O24S/c1-8-10-24-68-83(126)98-59(33-34-74(114)115)79(122)105-67(78(121)96-45-72(93)112)47-135-48-73(113)97-61(32-29-50-27-30-54(134-7)31-28-50)86(129)106(4)49(3)77(120)102-65(41-76(118)119)89(132)109-36-18-26-69(109)84(127)104-66(42-92)82(125)99-60(23-16-17-35-91)88(131)110-46-53(111)39-71(110)85(128)101-62(37-51-43-94-57-21-14-12-19-55(51)57)80(123)100-63(40-75(116)117)81(124)103-64(38-52-44-95-58-22-15-13-20-56(52)58)87(130)108(6)70(25-11-9-2)90(133)107(68)5/h12-15,19-22,27-28,30-31,43-44,49,53,59-71,94-95,111H,8-11,16-18,23-26,29,32-42,45-48,91-92H2,1-7H3,(H2,93,112)(H,96,121)(H,97,113)(H,98,126)(H,99,125)(H,100,123)(H,101,128)(H,102,120)(H,103,124)(H,104,127)(H,105,122)(H,114,115)(H,116,117)(H,118,119)/t49-,53+,59-,60-,61-,62-,63-,64-,65-,66-,67-,68-,69?,70-,71?/m0/s1. The van der Waals surface area contributed by atoms with Gasteiger partial charge in [0, 0.05) is 106 Å². The molecule has 15 atom stereocenters. The molecular formula is C90H126N20O24S. The van der Waals surface area contributed by atoms with Gasteiger partial charge in [0.1, 0.15) is 90.3 Å². The summed E-state index contributed by atoms with van der Waals surface area (Å²) in [5.41, 5.74) is 20.1. The van der Waals surface area contributed by atoms with Crippen molar-refractivity contribution in [2.24, 2.45) is 17.2 Å². The first-order valence-electron chi connectivity index (χ1n) is 45.1. The van der Waals surface area contributed by atoms with Gasteiger partial charge in [-0.15, -0.1) is 11.8 Å². The van der Waals surface area contributed by atoms with Crippen molar-refractivity contribution < 1.29 is 116 Å². The Labute approximate surface area is 783 Å². The smallest absolute Gasteiger partial charge is 0.305 e. The second kappa shape index (κ2) is 51.8. The number of nitrogens with zero attached hydrogens (tertiary/aromatic N) is 5. The van der Waals surface area contributed by atoms with Gasteiger partial charge in [-0.05, 0) is 119 Å². The van der Waals surface area contributed by atoms with Gasteiger partial charge < -0.3 is 130 Å². The minimum absolute atomic E-state index is 0.0689. The molecule has 8 rings (SSSR count). The summed E-state index contributed by atoms with van der Waals surface area (Å²) < 4.78 is 5.31. The number of aromatic amines is 2. The molecule has 22 N–H and O–H groups in total. The SMILES string of the molecule is CCCC[C@H]1C(=O)N(C)[C@@H](CCCC)C(=O)N[C@@H](CCC(=O)O)C(=O)N[C@H](C(=O)NCC(N)=O)CSCC(=O)N[C@@H](CCc2ccc(OC)cc2)C(=O)N(C)[C@@H](C)C(=O)N[C@@H](CC(=O)O)C(=O)N2CCCC2C(=O)N[C@@H](CN)C(=O)N[C@@H](CCCCN)C(=O)N2C[C@H](O)CC2C(=O)N[C@@H](Cc2c[nH]c3ccccc23)C(=O)N[C@@H](CC(=O)O)C(=O)N[C@@H](Cc2c[nH]c3ccccc23)C(=O)N1C. The number of ether oxygens (including phenoxy) is 1. The summed E-state index contributed by atoms with van der Waals surface area (Å²) >= 11 is 0.713. The molecule has 3 fully saturated rings. The van der Waals surface area contributed by atoms with Gasteiger partial charge in [-0.25, -0.2) is 0 Å². The molecule has 3 aromatic carbocycles. The average Bonchev–Trinajstić information content (AvgIpc) is 1.05. The number of amides is 16. The first-order chi connectivity index (χ1) is 64.3. The number of unbranched alkanes of at least 4 members (excludes halogenated alkanes) is 3. The molecule has 0 radical (unpaired) electrons. The number of thioether (sulfide) groups is 1. The predicted octanol–water partition coefficient (Wildman–Crippen LogP) is -2.48. The van der Waals surface area contributed by atoms with Crippen LogP contribution in [-0.2, 0) is 110 Å². The quantitative estimate of drug-likeness (QED) is 0.0221. The van der Waals surface area contributed by atoms with Crippen LogP contribution in [0.5, 0.6) is 5.75 Å². The third kappa shape index (κ3) is 30.4. The zero-order valence-electron chi connectivity index (χ0n) is 76.7. The van der Waals surface area contributed by atoms with Crippen molar-refractivity contribution >= 4 is 146 Å². The number of aliphatic hydroxyl groups is 1. The number of para-hydroxylation sites is 2. The van der Waals surface area contributed by atoms with Crippen molar-refractivity contribution in [2.45, 2.75) is 240 Å². The number of primary amides is 1. The maximum Gasteiger partial charge on any atom is 0.305 e. The average molecular weight is 1900 g/mol. The van der Waals surface area contributed by atoms with E-state index in [9.17, 15) is 78.0 Å². The summed E-state index contributed by atoms with van der Waals surface area (Å²) in [6.45, 7) is 2.83. The molecule has 45 heteroatoms. The highest BCUT2D eigenvalue weighted by molar-refractivity contribution is 8.00. The van der Waals surface area contributed by atoms with E-state index in [1.54, 1.807) is 99.0 Å². The fraction of sp³-hybridized carbons (Fsp3) is 0.544. The van der Waals surface area contributed by atoms with Crippen molar-refractivity contribution in [3.8, 4) is 5.75 Å². The lowest BCUT2D eigenvalue weighted by Gasteiger charge is -2.36. The summed E-state index contributed by atoms with van der Waals surface area (Å²) in [6.07, 6.45) is -1.62. The fourth-order valence-corrected chi connectivity index (χ4v) is 17.3. The van der Waals surface area contributed by atoms with Crippen LogP contribution in [-0.4, -0.2) is 330 Å². The Hall–Kier alpha value is -13.3. The van der Waals surface area contributed by atoms with E-state index in [4.69, 9.17) is 21.9 Å². The lowest BCUT2D eigenvalue weighted by atomic mass is 9.99. The van der Waals surface area contributed by atoms with Gasteiger partial charge in [0.2, 0.25) is 94.5 Å². The normalized spacial score (nSPS) is 24.7. The lowest BCUT2D eigenvalue weighted by Crippen LogP contribution is -2.61. The van der Waals surface area contributed by atoms with Crippen molar-refractivity contribution in [3.05, 3.63) is 102 Å². The van der Waals surface area contributed by atoms with Crippen LogP contribution in [0.25, 0.3) is 21.8 Å². The number of aliphatic hydroxyl groups excluding tert-OH is 1. The largest absolute Gasteiger partial charge is 0.497 e. The number of carboxylic acids is 3. The Morgan fingerprint density at radius 2 is 1.03 bits per heavy atom. The molecule has 44 nitrogen and oxygen atoms in total. The van der Waals surface area contributed by atoms with Crippen LogP contribution in [0.1, 0.15) is 147 Å². The van der Waals surface area contributed by atoms with Crippen molar-refractivity contribution in [2.75, 3.05) is 72.5 Å². The zero-order valence-corrected chi connectivity index (χ0v) is 77.5. The number of carboxylic acid groups (broad SMARTS) is 3. The third-order valence-corrected chi connectivity index (χ3v) is 25.2. The molecule has 0 aliphatic carbocycles. The van der Waals surface area contributed by atoms with E-state index >= 15 is 33.6 Å². The first kappa shape index (κ1) is 107. The molecule has 5 heterocycles. The highest BCUT2D eigenvalue weighted by atomic mass is 32.2. The molecule has 5 aromatic rings. The Morgan fingerprint density at radius 1 is 0.511 bits per heavy atom. The van der Waals surface area contributed by atoms with Crippen LogP contribution in [0.2, 0.25) is 0 Å². The minimum atomic E-state index is -2.08. The van der Waals surface area contributed by atoms with Gasteiger partial charge >= 0.3 is 17.9 Å². The summed E-state index contributed by atoms with van der Waals surface area (Å²) in [4.78, 5) is 285. The van der Waals surface area contributed by atoms with Crippen LogP contribution in [0.4, 0.5) is 0 Å². The van der Waals surface area contributed by atoms with Gasteiger partial charge in [0.25, 0.3) is 0 Å². The number of carbonyl (C=O) groups excluding carboxylic acids is 16. The van der Waals surface area contributed by atoms with Gasteiger partial charge in [-0.3, -0.25) is 91.1 Å². The monoisotopic (exact) mass is 1900 g/mol. The minimum Gasteiger partial charge on any atom is -0.497 e. The summed E-state index contributed by atoms with van der Waals surface area (Å²) in [5.74, 6) is -21.7. The maximum atomic E-state index is 15.8. The van der Waals surface area contributed by atoms with E-state index in [1.807, 2.05) is 0 Å². The number of nitrogens with one attached hydrogen (secondary N) is 12. The number of carbonyl (C=O) groups is 19. The number of likely N-dealkylation sites (N-methyl/N-ethyl adjacent to an activating group) is 3. The van der Waals surface area contributed by atoms with Crippen LogP contribution in [0.3, 0.4) is 0 Å². The van der Waals surface area contributed by atoms with Crippen LogP contribution < -0.4 is 75.1 Å². The Morgan fingerprint density at radius 3 is 1.63 bits per heavy atom. The summed E-state index contributed by atoms with van der Waals surface area (Å²) in [5, 5.41) is 68.7. The first-order valence-corrected chi connectivity index (χ1v) is 46.2. The molecule has 736 valence electrons. The molecule has 3 aliphatic heterocycles. The fourth-order valence-electron chi connectivity index (χ4n) is 16.4. The molecule has 0 bridgehead atoms. The molecule has 135 heavy (non-hydrogen) atoms. The van der Waals surface area contributed by atoms with E-state index < -0.39 is 273 Å². The molecule has 2 aromatic heterocycles. The number of aromatic nitrogens is 2.